The van der Waals surface area contributed by atoms with Crippen molar-refractivity contribution in [3.63, 3.8) is 0 Å². The van der Waals surface area contributed by atoms with Gasteiger partial charge >= 0.3 is 11.9 Å². The standard InChI is InChI=1S/C21H22O9/c1-26-14-7-3-12(4-8-14)19(23)28-11-16-18(17(22)21(25)29-16)30-20(24)13-5-9-15(27-2)10-6-13/h3-10,16-18,21-22,25H,11H2,1-2H3/t16-,17-,18-,21+/m1/s1. The molecule has 1 fully saturated rings. The summed E-state index contributed by atoms with van der Waals surface area (Å²) < 4.78 is 25.8. The minimum atomic E-state index is -1.58. The molecule has 0 aromatic heterocycles. The molecule has 0 radical (unpaired) electrons. The van der Waals surface area contributed by atoms with Gasteiger partial charge in [0.05, 0.1) is 25.3 Å². The zero-order valence-corrected chi connectivity index (χ0v) is 16.4. The molecular formula is C21H22O9. The van der Waals surface area contributed by atoms with Crippen molar-refractivity contribution in [3.05, 3.63) is 59.7 Å². The molecule has 0 bridgehead atoms. The van der Waals surface area contributed by atoms with Crippen molar-refractivity contribution in [1.29, 1.82) is 0 Å². The molecule has 2 N–H and O–H groups in total. The molecule has 3 rings (SSSR count). The van der Waals surface area contributed by atoms with Crippen LogP contribution in [0.3, 0.4) is 0 Å². The van der Waals surface area contributed by atoms with Crippen LogP contribution in [0.5, 0.6) is 11.5 Å². The highest BCUT2D eigenvalue weighted by atomic mass is 16.7. The average molecular weight is 418 g/mol. The summed E-state index contributed by atoms with van der Waals surface area (Å²) in [6.07, 6.45) is -5.34. The second kappa shape index (κ2) is 9.57. The molecule has 0 unspecified atom stereocenters. The summed E-state index contributed by atoms with van der Waals surface area (Å²) in [5.74, 6) is -0.222. The van der Waals surface area contributed by atoms with Crippen LogP contribution in [-0.2, 0) is 14.2 Å². The van der Waals surface area contributed by atoms with E-state index in [0.29, 0.717) is 11.5 Å². The van der Waals surface area contributed by atoms with Gasteiger partial charge < -0.3 is 33.9 Å². The van der Waals surface area contributed by atoms with E-state index in [1.165, 1.54) is 38.5 Å². The molecule has 0 saturated carbocycles. The monoisotopic (exact) mass is 418 g/mol. The van der Waals surface area contributed by atoms with Gasteiger partial charge in [0, 0.05) is 0 Å². The van der Waals surface area contributed by atoms with Gasteiger partial charge in [0.25, 0.3) is 0 Å². The number of hydrogen-bond donors (Lipinski definition) is 2. The van der Waals surface area contributed by atoms with Gasteiger partial charge in [0.15, 0.2) is 12.4 Å². The topological polar surface area (TPSA) is 121 Å². The molecule has 1 aliphatic rings. The van der Waals surface area contributed by atoms with Crippen molar-refractivity contribution < 1.29 is 43.5 Å². The van der Waals surface area contributed by atoms with Crippen LogP contribution in [-0.4, -0.2) is 67.6 Å². The molecule has 9 heteroatoms. The smallest absolute Gasteiger partial charge is 0.338 e. The lowest BCUT2D eigenvalue weighted by Crippen LogP contribution is -2.39. The highest BCUT2D eigenvalue weighted by Crippen LogP contribution is 2.25. The van der Waals surface area contributed by atoms with Crippen molar-refractivity contribution in [3.8, 4) is 11.5 Å². The fraction of sp³-hybridized carbons (Fsp3) is 0.333. The third-order valence-corrected chi connectivity index (χ3v) is 4.58. The van der Waals surface area contributed by atoms with Crippen LogP contribution in [0.2, 0.25) is 0 Å². The quantitative estimate of drug-likeness (QED) is 0.638. The number of carbonyl (C=O) groups excluding carboxylic acids is 2. The molecule has 2 aromatic carbocycles. The molecule has 9 nitrogen and oxygen atoms in total. The van der Waals surface area contributed by atoms with Gasteiger partial charge in [-0.05, 0) is 48.5 Å². The molecule has 0 spiro atoms. The van der Waals surface area contributed by atoms with Gasteiger partial charge in [-0.1, -0.05) is 0 Å². The van der Waals surface area contributed by atoms with Gasteiger partial charge in [-0.2, -0.15) is 0 Å². The Labute approximate surface area is 172 Å². The SMILES string of the molecule is COc1ccc(C(=O)OC[C@H]2O[C@H](O)[C@H](O)[C@@H]2OC(=O)c2ccc(OC)cc2)cc1. The summed E-state index contributed by atoms with van der Waals surface area (Å²) in [5.41, 5.74) is 0.500. The molecule has 1 saturated heterocycles. The van der Waals surface area contributed by atoms with Gasteiger partial charge in [-0.3, -0.25) is 0 Å². The van der Waals surface area contributed by atoms with E-state index in [2.05, 4.69) is 0 Å². The third-order valence-electron chi connectivity index (χ3n) is 4.58. The van der Waals surface area contributed by atoms with Crippen molar-refractivity contribution in [2.45, 2.75) is 24.6 Å². The van der Waals surface area contributed by atoms with E-state index in [9.17, 15) is 19.8 Å². The number of methoxy groups -OCH3 is 2. The van der Waals surface area contributed by atoms with Crippen LogP contribution in [0.4, 0.5) is 0 Å². The number of ether oxygens (including phenoxy) is 5. The molecule has 160 valence electrons. The van der Waals surface area contributed by atoms with E-state index >= 15 is 0 Å². The maximum atomic E-state index is 12.4. The normalized spacial score (nSPS) is 22.9. The first-order chi connectivity index (χ1) is 14.4. The third kappa shape index (κ3) is 4.88. The fourth-order valence-corrected chi connectivity index (χ4v) is 2.89. The van der Waals surface area contributed by atoms with E-state index in [4.69, 9.17) is 23.7 Å². The predicted molar refractivity (Wildman–Crippen MR) is 102 cm³/mol. The fourth-order valence-electron chi connectivity index (χ4n) is 2.89. The Morgan fingerprint density at radius 3 is 1.87 bits per heavy atom. The number of hydrogen-bond acceptors (Lipinski definition) is 9. The second-order valence-electron chi connectivity index (χ2n) is 6.48. The lowest BCUT2D eigenvalue weighted by atomic mass is 10.1. The minimum Gasteiger partial charge on any atom is -0.497 e. The van der Waals surface area contributed by atoms with Crippen LogP contribution in [0.15, 0.2) is 48.5 Å². The van der Waals surface area contributed by atoms with Crippen LogP contribution >= 0.6 is 0 Å². The van der Waals surface area contributed by atoms with E-state index in [1.807, 2.05) is 0 Å². The summed E-state index contributed by atoms with van der Waals surface area (Å²) in [6, 6.07) is 12.4. The van der Waals surface area contributed by atoms with E-state index in [1.54, 1.807) is 24.3 Å². The summed E-state index contributed by atoms with van der Waals surface area (Å²) >= 11 is 0. The number of esters is 2. The molecule has 1 aliphatic heterocycles. The van der Waals surface area contributed by atoms with Gasteiger partial charge in [0.1, 0.15) is 30.3 Å². The van der Waals surface area contributed by atoms with Crippen molar-refractivity contribution in [1.82, 2.24) is 0 Å². The van der Waals surface area contributed by atoms with Crippen molar-refractivity contribution in [2.24, 2.45) is 0 Å². The summed E-state index contributed by atoms with van der Waals surface area (Å²) in [4.78, 5) is 24.6. The Kier molecular flexibility index (Phi) is 6.88. The van der Waals surface area contributed by atoms with E-state index in [-0.39, 0.29) is 17.7 Å². The maximum absolute atomic E-state index is 12.4. The largest absolute Gasteiger partial charge is 0.497 e. The second-order valence-corrected chi connectivity index (χ2v) is 6.48. The van der Waals surface area contributed by atoms with Crippen LogP contribution < -0.4 is 9.47 Å². The van der Waals surface area contributed by atoms with Crippen LogP contribution in [0.25, 0.3) is 0 Å². The molecule has 0 amide bonds. The average Bonchev–Trinajstić information content (AvgIpc) is 3.05. The van der Waals surface area contributed by atoms with Gasteiger partial charge in [-0.15, -0.1) is 0 Å². The van der Waals surface area contributed by atoms with Crippen molar-refractivity contribution >= 4 is 11.9 Å². The lowest BCUT2D eigenvalue weighted by molar-refractivity contribution is -0.133. The van der Waals surface area contributed by atoms with Crippen LogP contribution in [0.1, 0.15) is 20.7 Å². The number of rotatable bonds is 7. The number of aliphatic hydroxyl groups excluding tert-OH is 2. The van der Waals surface area contributed by atoms with Crippen LogP contribution in [0, 0.1) is 0 Å². The Balaban J connectivity index is 1.62. The summed E-state index contributed by atoms with van der Waals surface area (Å²) in [7, 11) is 3.01. The highest BCUT2D eigenvalue weighted by Gasteiger charge is 2.46. The first-order valence-corrected chi connectivity index (χ1v) is 9.10. The number of aliphatic hydroxyl groups is 2. The zero-order valence-electron chi connectivity index (χ0n) is 16.4. The highest BCUT2D eigenvalue weighted by molar-refractivity contribution is 5.90. The number of benzene rings is 2. The molecular weight excluding hydrogens is 396 g/mol. The Morgan fingerprint density at radius 1 is 0.867 bits per heavy atom. The molecule has 1 heterocycles. The maximum Gasteiger partial charge on any atom is 0.338 e. The Morgan fingerprint density at radius 2 is 1.37 bits per heavy atom. The Hall–Kier alpha value is -3.14. The summed E-state index contributed by atoms with van der Waals surface area (Å²) in [6.45, 7) is -0.334. The Bertz CT molecular complexity index is 863. The minimum absolute atomic E-state index is 0.221. The molecule has 30 heavy (non-hydrogen) atoms. The van der Waals surface area contributed by atoms with E-state index in [0.717, 1.165) is 0 Å². The molecule has 0 aliphatic carbocycles. The molecule has 4 atom stereocenters. The van der Waals surface area contributed by atoms with E-state index < -0.39 is 36.5 Å². The first kappa shape index (κ1) is 21.6. The zero-order chi connectivity index (χ0) is 21.7. The van der Waals surface area contributed by atoms with Gasteiger partial charge in [0.2, 0.25) is 0 Å². The lowest BCUT2D eigenvalue weighted by Gasteiger charge is -2.20. The number of carbonyl (C=O) groups is 2. The first-order valence-electron chi connectivity index (χ1n) is 9.10. The van der Waals surface area contributed by atoms with Gasteiger partial charge in [-0.25, -0.2) is 9.59 Å². The predicted octanol–water partition coefficient (Wildman–Crippen LogP) is 1.16. The molecule has 2 aromatic rings. The van der Waals surface area contributed by atoms with Crippen molar-refractivity contribution in [2.75, 3.05) is 20.8 Å². The summed E-state index contributed by atoms with van der Waals surface area (Å²) in [5, 5.41) is 19.9.